The normalized spacial score (nSPS) is 12.0. The van der Waals surface area contributed by atoms with Gasteiger partial charge in [-0.25, -0.2) is 4.79 Å². The SMILES string of the molecule is CCC[C@@H](C)NC(=O)Nc1ccc(C)cc1Br. The van der Waals surface area contributed by atoms with Crippen molar-refractivity contribution in [1.29, 1.82) is 0 Å². The van der Waals surface area contributed by atoms with Crippen LogP contribution in [0, 0.1) is 6.92 Å². The lowest BCUT2D eigenvalue weighted by Gasteiger charge is -2.14. The molecule has 0 radical (unpaired) electrons. The number of urea groups is 1. The van der Waals surface area contributed by atoms with Gasteiger partial charge in [-0.15, -0.1) is 0 Å². The minimum absolute atomic E-state index is 0.157. The molecule has 0 bridgehead atoms. The molecule has 0 spiro atoms. The number of hydrogen-bond acceptors (Lipinski definition) is 1. The molecule has 17 heavy (non-hydrogen) atoms. The molecule has 4 heteroatoms. The summed E-state index contributed by atoms with van der Waals surface area (Å²) in [5, 5.41) is 5.73. The highest BCUT2D eigenvalue weighted by Crippen LogP contribution is 2.23. The van der Waals surface area contributed by atoms with Crippen LogP contribution in [0.25, 0.3) is 0 Å². The molecule has 2 N–H and O–H groups in total. The number of hydrogen-bond donors (Lipinski definition) is 2. The highest BCUT2D eigenvalue weighted by molar-refractivity contribution is 9.10. The van der Waals surface area contributed by atoms with Crippen LogP contribution in [0.4, 0.5) is 10.5 Å². The van der Waals surface area contributed by atoms with Crippen LogP contribution >= 0.6 is 15.9 Å². The van der Waals surface area contributed by atoms with Crippen LogP contribution in [-0.2, 0) is 0 Å². The Morgan fingerprint density at radius 1 is 1.47 bits per heavy atom. The summed E-state index contributed by atoms with van der Waals surface area (Å²) in [7, 11) is 0. The van der Waals surface area contributed by atoms with Gasteiger partial charge in [0.25, 0.3) is 0 Å². The van der Waals surface area contributed by atoms with Gasteiger partial charge in [-0.1, -0.05) is 19.4 Å². The van der Waals surface area contributed by atoms with E-state index in [0.717, 1.165) is 28.6 Å². The van der Waals surface area contributed by atoms with Crippen molar-refractivity contribution in [2.75, 3.05) is 5.32 Å². The van der Waals surface area contributed by atoms with E-state index in [1.165, 1.54) is 0 Å². The van der Waals surface area contributed by atoms with Gasteiger partial charge in [0.1, 0.15) is 0 Å². The monoisotopic (exact) mass is 298 g/mol. The van der Waals surface area contributed by atoms with Gasteiger partial charge in [0.05, 0.1) is 5.69 Å². The summed E-state index contributed by atoms with van der Waals surface area (Å²) in [4.78, 5) is 11.7. The third-order valence-corrected chi connectivity index (χ3v) is 3.13. The van der Waals surface area contributed by atoms with Crippen molar-refractivity contribution in [3.8, 4) is 0 Å². The van der Waals surface area contributed by atoms with Gasteiger partial charge < -0.3 is 10.6 Å². The Morgan fingerprint density at radius 2 is 2.18 bits per heavy atom. The lowest BCUT2D eigenvalue weighted by molar-refractivity contribution is 0.248. The number of rotatable bonds is 4. The van der Waals surface area contributed by atoms with Crippen LogP contribution in [0.2, 0.25) is 0 Å². The Balaban J connectivity index is 2.56. The fourth-order valence-corrected chi connectivity index (χ4v) is 2.20. The quantitative estimate of drug-likeness (QED) is 0.864. The molecular weight excluding hydrogens is 280 g/mol. The van der Waals surface area contributed by atoms with E-state index in [1.54, 1.807) is 0 Å². The second-order valence-corrected chi connectivity index (χ2v) is 5.13. The number of anilines is 1. The molecule has 0 fully saturated rings. The number of nitrogens with one attached hydrogen (secondary N) is 2. The van der Waals surface area contributed by atoms with E-state index in [4.69, 9.17) is 0 Å². The molecule has 0 saturated carbocycles. The zero-order valence-electron chi connectivity index (χ0n) is 10.5. The highest BCUT2D eigenvalue weighted by Gasteiger charge is 2.08. The molecule has 2 amide bonds. The van der Waals surface area contributed by atoms with E-state index in [2.05, 4.69) is 33.5 Å². The largest absolute Gasteiger partial charge is 0.335 e. The smallest absolute Gasteiger partial charge is 0.319 e. The number of amides is 2. The topological polar surface area (TPSA) is 41.1 Å². The zero-order valence-corrected chi connectivity index (χ0v) is 12.1. The van der Waals surface area contributed by atoms with Gasteiger partial charge in [-0.05, 0) is 53.9 Å². The van der Waals surface area contributed by atoms with Gasteiger partial charge in [-0.3, -0.25) is 0 Å². The summed E-state index contributed by atoms with van der Waals surface area (Å²) in [6.45, 7) is 6.12. The second kappa shape index (κ2) is 6.64. The van der Waals surface area contributed by atoms with Crippen LogP contribution in [0.1, 0.15) is 32.3 Å². The molecule has 0 unspecified atom stereocenters. The van der Waals surface area contributed by atoms with Gasteiger partial charge in [0.2, 0.25) is 0 Å². The molecule has 1 aromatic rings. The third-order valence-electron chi connectivity index (χ3n) is 2.47. The van der Waals surface area contributed by atoms with Gasteiger partial charge >= 0.3 is 6.03 Å². The first kappa shape index (κ1) is 14.0. The molecule has 3 nitrogen and oxygen atoms in total. The molecule has 94 valence electrons. The Morgan fingerprint density at radius 3 is 2.76 bits per heavy atom. The number of carbonyl (C=O) groups is 1. The first-order chi connectivity index (χ1) is 8.02. The second-order valence-electron chi connectivity index (χ2n) is 4.27. The Hall–Kier alpha value is -1.03. The third kappa shape index (κ3) is 4.77. The minimum Gasteiger partial charge on any atom is -0.335 e. The molecule has 0 heterocycles. The van der Waals surface area contributed by atoms with Crippen molar-refractivity contribution in [3.63, 3.8) is 0 Å². The Bertz CT molecular complexity index is 393. The molecule has 1 rings (SSSR count). The number of aryl methyl sites for hydroxylation is 1. The maximum Gasteiger partial charge on any atom is 0.319 e. The van der Waals surface area contributed by atoms with Gasteiger partial charge in [0, 0.05) is 10.5 Å². The van der Waals surface area contributed by atoms with E-state index in [-0.39, 0.29) is 12.1 Å². The maximum absolute atomic E-state index is 11.7. The summed E-state index contributed by atoms with van der Waals surface area (Å²) in [6.07, 6.45) is 2.05. The van der Waals surface area contributed by atoms with Crippen LogP contribution in [0.3, 0.4) is 0 Å². The summed E-state index contributed by atoms with van der Waals surface area (Å²) < 4.78 is 0.899. The van der Waals surface area contributed by atoms with Crippen LogP contribution < -0.4 is 10.6 Å². The van der Waals surface area contributed by atoms with Gasteiger partial charge in [-0.2, -0.15) is 0 Å². The maximum atomic E-state index is 11.7. The van der Waals surface area contributed by atoms with Crippen LogP contribution in [0.15, 0.2) is 22.7 Å². The predicted octanol–water partition coefficient (Wildman–Crippen LogP) is 4.07. The molecule has 1 aromatic carbocycles. The lowest BCUT2D eigenvalue weighted by atomic mass is 10.2. The molecular formula is C13H19BrN2O. The zero-order chi connectivity index (χ0) is 12.8. The Labute approximate surface area is 111 Å². The van der Waals surface area contributed by atoms with Crippen molar-refractivity contribution in [1.82, 2.24) is 5.32 Å². The predicted molar refractivity (Wildman–Crippen MR) is 75.4 cm³/mol. The number of halogens is 1. The van der Waals surface area contributed by atoms with Crippen molar-refractivity contribution in [2.24, 2.45) is 0 Å². The van der Waals surface area contributed by atoms with Crippen LogP contribution in [0.5, 0.6) is 0 Å². The molecule has 0 aliphatic rings. The van der Waals surface area contributed by atoms with Crippen molar-refractivity contribution >= 4 is 27.6 Å². The summed E-state index contributed by atoms with van der Waals surface area (Å²) in [6, 6.07) is 5.88. The fourth-order valence-electron chi connectivity index (χ4n) is 1.61. The van der Waals surface area contributed by atoms with Crippen molar-refractivity contribution in [2.45, 2.75) is 39.7 Å². The number of carbonyl (C=O) groups excluding carboxylic acids is 1. The van der Waals surface area contributed by atoms with Gasteiger partial charge in [0.15, 0.2) is 0 Å². The standard InChI is InChI=1S/C13H19BrN2O/c1-4-5-10(3)15-13(17)16-12-7-6-9(2)8-11(12)14/h6-8,10H,4-5H2,1-3H3,(H2,15,16,17)/t10-/m1/s1. The van der Waals surface area contributed by atoms with Crippen molar-refractivity contribution < 1.29 is 4.79 Å². The first-order valence-electron chi connectivity index (χ1n) is 5.86. The molecule has 1 atom stereocenters. The fraction of sp³-hybridized carbons (Fsp3) is 0.462. The lowest BCUT2D eigenvalue weighted by Crippen LogP contribution is -2.36. The summed E-state index contributed by atoms with van der Waals surface area (Å²) in [5.41, 5.74) is 1.94. The molecule has 0 aromatic heterocycles. The summed E-state index contributed by atoms with van der Waals surface area (Å²) in [5.74, 6) is 0. The first-order valence-corrected chi connectivity index (χ1v) is 6.66. The average molecular weight is 299 g/mol. The minimum atomic E-state index is -0.157. The van der Waals surface area contributed by atoms with E-state index >= 15 is 0 Å². The molecule has 0 aliphatic carbocycles. The molecule has 0 aliphatic heterocycles. The molecule has 0 saturated heterocycles. The van der Waals surface area contributed by atoms with Crippen LogP contribution in [-0.4, -0.2) is 12.1 Å². The van der Waals surface area contributed by atoms with E-state index in [9.17, 15) is 4.79 Å². The van der Waals surface area contributed by atoms with Crippen molar-refractivity contribution in [3.05, 3.63) is 28.2 Å². The summed E-state index contributed by atoms with van der Waals surface area (Å²) >= 11 is 3.43. The highest BCUT2D eigenvalue weighted by atomic mass is 79.9. The van der Waals surface area contributed by atoms with E-state index in [1.807, 2.05) is 32.0 Å². The Kier molecular flexibility index (Phi) is 5.48. The van der Waals surface area contributed by atoms with E-state index < -0.39 is 0 Å². The number of benzene rings is 1. The van der Waals surface area contributed by atoms with E-state index in [0.29, 0.717) is 0 Å². The average Bonchev–Trinajstić information content (AvgIpc) is 2.22.